The fraction of sp³-hybridized carbons (Fsp3) is 0.0625. The van der Waals surface area contributed by atoms with Crippen molar-refractivity contribution in [3.05, 3.63) is 53.8 Å². The number of fused-ring (bicyclic) bond motifs is 2. The van der Waals surface area contributed by atoms with E-state index in [2.05, 4.69) is 20.5 Å². The molecule has 0 saturated heterocycles. The first-order valence-electron chi connectivity index (χ1n) is 6.93. The monoisotopic (exact) mass is 310 g/mol. The zero-order chi connectivity index (χ0) is 16.0. The summed E-state index contributed by atoms with van der Waals surface area (Å²) >= 11 is 0. The quantitative estimate of drug-likeness (QED) is 0.594. The number of nitrogens with one attached hydrogen (secondary N) is 2. The SMILES string of the molecule is Cc1nc2c(F)cc(NC(=O)c3n[nH]c4ccccc34)cc2o1. The highest BCUT2D eigenvalue weighted by Gasteiger charge is 2.16. The Labute approximate surface area is 129 Å². The molecule has 2 aromatic heterocycles. The van der Waals surface area contributed by atoms with Crippen LogP contribution in [0.15, 0.2) is 40.8 Å². The maximum atomic E-state index is 14.0. The van der Waals surface area contributed by atoms with E-state index in [1.807, 2.05) is 18.2 Å². The molecule has 114 valence electrons. The van der Waals surface area contributed by atoms with Crippen LogP contribution < -0.4 is 5.32 Å². The lowest BCUT2D eigenvalue weighted by Gasteiger charge is -2.03. The van der Waals surface area contributed by atoms with Gasteiger partial charge in [0.2, 0.25) is 0 Å². The van der Waals surface area contributed by atoms with Crippen molar-refractivity contribution in [2.75, 3.05) is 5.32 Å². The number of nitrogens with zero attached hydrogens (tertiary/aromatic N) is 2. The number of hydrogen-bond donors (Lipinski definition) is 2. The summed E-state index contributed by atoms with van der Waals surface area (Å²) in [4.78, 5) is 16.3. The molecule has 0 spiro atoms. The van der Waals surface area contributed by atoms with Crippen LogP contribution in [0.2, 0.25) is 0 Å². The van der Waals surface area contributed by atoms with E-state index >= 15 is 0 Å². The summed E-state index contributed by atoms with van der Waals surface area (Å²) < 4.78 is 19.3. The molecule has 1 amide bonds. The number of aromatic nitrogens is 3. The molecule has 0 aliphatic rings. The summed E-state index contributed by atoms with van der Waals surface area (Å²) in [5, 5.41) is 10.1. The highest BCUT2D eigenvalue weighted by molar-refractivity contribution is 6.11. The first-order chi connectivity index (χ1) is 11.1. The van der Waals surface area contributed by atoms with Crippen molar-refractivity contribution in [2.45, 2.75) is 6.92 Å². The lowest BCUT2D eigenvalue weighted by molar-refractivity contribution is 0.102. The molecule has 0 aliphatic heterocycles. The van der Waals surface area contributed by atoms with Crippen LogP contribution in [0.4, 0.5) is 10.1 Å². The van der Waals surface area contributed by atoms with Gasteiger partial charge >= 0.3 is 0 Å². The molecule has 6 nitrogen and oxygen atoms in total. The molecule has 0 atom stereocenters. The van der Waals surface area contributed by atoms with Gasteiger partial charge in [-0.1, -0.05) is 18.2 Å². The Morgan fingerprint density at radius 2 is 2.13 bits per heavy atom. The number of carbonyl (C=O) groups excluding carboxylic acids is 1. The number of para-hydroxylation sites is 1. The van der Waals surface area contributed by atoms with Gasteiger partial charge in [0.15, 0.2) is 23.0 Å². The lowest BCUT2D eigenvalue weighted by atomic mass is 10.2. The molecule has 0 bridgehead atoms. The molecule has 2 heterocycles. The number of rotatable bonds is 2. The smallest absolute Gasteiger partial charge is 0.276 e. The summed E-state index contributed by atoms with van der Waals surface area (Å²) in [6, 6.07) is 10.0. The van der Waals surface area contributed by atoms with Gasteiger partial charge in [-0.15, -0.1) is 0 Å². The van der Waals surface area contributed by atoms with E-state index < -0.39 is 11.7 Å². The van der Waals surface area contributed by atoms with Crippen LogP contribution >= 0.6 is 0 Å². The highest BCUT2D eigenvalue weighted by Crippen LogP contribution is 2.24. The van der Waals surface area contributed by atoms with E-state index in [9.17, 15) is 9.18 Å². The van der Waals surface area contributed by atoms with E-state index in [0.29, 0.717) is 11.3 Å². The van der Waals surface area contributed by atoms with Gasteiger partial charge < -0.3 is 9.73 Å². The Bertz CT molecular complexity index is 1050. The molecule has 0 aliphatic carbocycles. The van der Waals surface area contributed by atoms with Crippen LogP contribution in [0.3, 0.4) is 0 Å². The lowest BCUT2D eigenvalue weighted by Crippen LogP contribution is -2.13. The number of amides is 1. The Morgan fingerprint density at radius 3 is 3.00 bits per heavy atom. The summed E-state index contributed by atoms with van der Waals surface area (Å²) in [6.07, 6.45) is 0. The second-order valence-corrected chi connectivity index (χ2v) is 5.11. The van der Waals surface area contributed by atoms with Crippen LogP contribution in [0, 0.1) is 12.7 Å². The molecule has 23 heavy (non-hydrogen) atoms. The Morgan fingerprint density at radius 1 is 1.30 bits per heavy atom. The second-order valence-electron chi connectivity index (χ2n) is 5.11. The molecule has 4 rings (SSSR count). The van der Waals surface area contributed by atoms with Crippen LogP contribution in [0.5, 0.6) is 0 Å². The maximum Gasteiger partial charge on any atom is 0.276 e. The molecule has 0 unspecified atom stereocenters. The Kier molecular flexibility index (Phi) is 2.87. The number of hydrogen-bond acceptors (Lipinski definition) is 4. The highest BCUT2D eigenvalue weighted by atomic mass is 19.1. The first kappa shape index (κ1) is 13.4. The van der Waals surface area contributed by atoms with Crippen molar-refractivity contribution in [1.82, 2.24) is 15.2 Å². The third kappa shape index (κ3) is 2.22. The summed E-state index contributed by atoms with van der Waals surface area (Å²) in [5.41, 5.74) is 1.71. The molecule has 4 aromatic rings. The van der Waals surface area contributed by atoms with E-state index in [-0.39, 0.29) is 22.5 Å². The number of oxazole rings is 1. The van der Waals surface area contributed by atoms with E-state index in [1.54, 1.807) is 13.0 Å². The number of aryl methyl sites for hydroxylation is 1. The standard InChI is InChI=1S/C16H11FN4O2/c1-8-18-15-11(17)6-9(7-13(15)23-8)19-16(22)14-10-4-2-3-5-12(10)20-21-14/h2-7H,1H3,(H,19,22)(H,20,21). The molecule has 2 N–H and O–H groups in total. The fourth-order valence-electron chi connectivity index (χ4n) is 2.50. The minimum Gasteiger partial charge on any atom is -0.441 e. The van der Waals surface area contributed by atoms with Crippen LogP contribution in [0.1, 0.15) is 16.4 Å². The van der Waals surface area contributed by atoms with Crippen molar-refractivity contribution >= 4 is 33.6 Å². The number of anilines is 1. The molecule has 2 aromatic carbocycles. The van der Waals surface area contributed by atoms with Crippen molar-refractivity contribution in [1.29, 1.82) is 0 Å². The van der Waals surface area contributed by atoms with Crippen molar-refractivity contribution in [2.24, 2.45) is 0 Å². The van der Waals surface area contributed by atoms with Crippen LogP contribution in [-0.4, -0.2) is 21.1 Å². The van der Waals surface area contributed by atoms with E-state index in [4.69, 9.17) is 4.42 Å². The topological polar surface area (TPSA) is 83.8 Å². The third-order valence-electron chi connectivity index (χ3n) is 3.50. The van der Waals surface area contributed by atoms with Gasteiger partial charge in [-0.2, -0.15) is 5.10 Å². The van der Waals surface area contributed by atoms with E-state index in [1.165, 1.54) is 12.1 Å². The number of benzene rings is 2. The van der Waals surface area contributed by atoms with E-state index in [0.717, 1.165) is 5.52 Å². The van der Waals surface area contributed by atoms with Crippen molar-refractivity contribution < 1.29 is 13.6 Å². The Hall–Kier alpha value is -3.22. The zero-order valence-corrected chi connectivity index (χ0v) is 12.1. The molecule has 0 fully saturated rings. The van der Waals surface area contributed by atoms with Gasteiger partial charge in [-0.3, -0.25) is 9.89 Å². The minimum absolute atomic E-state index is 0.144. The third-order valence-corrected chi connectivity index (χ3v) is 3.50. The van der Waals surface area contributed by atoms with Gasteiger partial charge in [-0.25, -0.2) is 9.37 Å². The molecule has 0 saturated carbocycles. The van der Waals surface area contributed by atoms with Gasteiger partial charge in [0, 0.05) is 24.1 Å². The second kappa shape index (κ2) is 4.91. The molecular formula is C16H11FN4O2. The number of H-pyrrole nitrogens is 1. The maximum absolute atomic E-state index is 14.0. The predicted octanol–water partition coefficient (Wildman–Crippen LogP) is 3.40. The van der Waals surface area contributed by atoms with Gasteiger partial charge in [0.05, 0.1) is 5.52 Å². The largest absolute Gasteiger partial charge is 0.441 e. The van der Waals surface area contributed by atoms with Gasteiger partial charge in [-0.05, 0) is 12.1 Å². The summed E-state index contributed by atoms with van der Waals surface area (Å²) in [5.74, 6) is -0.625. The number of aromatic amines is 1. The average Bonchev–Trinajstić information content (AvgIpc) is 3.10. The normalized spacial score (nSPS) is 11.2. The minimum atomic E-state index is -0.554. The van der Waals surface area contributed by atoms with Crippen molar-refractivity contribution in [3.8, 4) is 0 Å². The molecular weight excluding hydrogens is 299 g/mol. The summed E-state index contributed by atoms with van der Waals surface area (Å²) in [7, 11) is 0. The molecule has 7 heteroatoms. The number of halogens is 1. The van der Waals surface area contributed by atoms with Crippen LogP contribution in [0.25, 0.3) is 22.0 Å². The predicted molar refractivity (Wildman–Crippen MR) is 82.8 cm³/mol. The Balaban J connectivity index is 1.71. The van der Waals surface area contributed by atoms with Crippen LogP contribution in [-0.2, 0) is 0 Å². The average molecular weight is 310 g/mol. The fourth-order valence-corrected chi connectivity index (χ4v) is 2.50. The van der Waals surface area contributed by atoms with Crippen molar-refractivity contribution in [3.63, 3.8) is 0 Å². The zero-order valence-electron chi connectivity index (χ0n) is 12.1. The van der Waals surface area contributed by atoms with Gasteiger partial charge in [0.25, 0.3) is 5.91 Å². The van der Waals surface area contributed by atoms with Gasteiger partial charge in [0.1, 0.15) is 5.52 Å². The molecule has 0 radical (unpaired) electrons. The first-order valence-corrected chi connectivity index (χ1v) is 6.93. The summed E-state index contributed by atoms with van der Waals surface area (Å²) in [6.45, 7) is 1.63. The number of carbonyl (C=O) groups is 1.